The maximum absolute atomic E-state index is 11.9. The second-order valence-corrected chi connectivity index (χ2v) is 4.85. The Hall–Kier alpha value is -0.240. The molecule has 0 aromatic rings. The number of carbonyl (C=O) groups is 1. The quantitative estimate of drug-likeness (QED) is 0.663. The highest BCUT2D eigenvalue weighted by molar-refractivity contribution is 6.18. The topological polar surface area (TPSA) is 20.3 Å². The maximum atomic E-state index is 11.9. The Morgan fingerprint density at radius 3 is 2.71 bits per heavy atom. The van der Waals surface area contributed by atoms with Crippen LogP contribution in [0, 0.1) is 5.92 Å². The van der Waals surface area contributed by atoms with Crippen LogP contribution in [0.1, 0.15) is 38.5 Å². The average molecular weight is 216 g/mol. The standard InChI is InChI=1S/C11H18ClNO/c12-8-10-3-1-2-6-13(10)11(14)7-9-4-5-9/h9-10H,1-8H2. The van der Waals surface area contributed by atoms with Crippen LogP contribution in [0.4, 0.5) is 0 Å². The van der Waals surface area contributed by atoms with Crippen LogP contribution in [0.2, 0.25) is 0 Å². The van der Waals surface area contributed by atoms with Crippen molar-refractivity contribution >= 4 is 17.5 Å². The lowest BCUT2D eigenvalue weighted by atomic mass is 10.0. The average Bonchev–Trinajstić information content (AvgIpc) is 3.01. The third-order valence-electron chi connectivity index (χ3n) is 3.29. The summed E-state index contributed by atoms with van der Waals surface area (Å²) < 4.78 is 0. The second kappa shape index (κ2) is 4.52. The number of alkyl halides is 1. The Morgan fingerprint density at radius 2 is 2.07 bits per heavy atom. The molecule has 2 nitrogen and oxygen atoms in total. The van der Waals surface area contributed by atoms with Gasteiger partial charge in [0, 0.05) is 24.9 Å². The van der Waals surface area contributed by atoms with Crippen molar-refractivity contribution in [2.24, 2.45) is 5.92 Å². The van der Waals surface area contributed by atoms with Gasteiger partial charge in [-0.05, 0) is 38.0 Å². The molecule has 1 saturated heterocycles. The van der Waals surface area contributed by atoms with E-state index in [4.69, 9.17) is 11.6 Å². The highest BCUT2D eigenvalue weighted by Gasteiger charge is 2.30. The Kier molecular flexibility index (Phi) is 3.32. The fraction of sp³-hybridized carbons (Fsp3) is 0.909. The fourth-order valence-electron chi connectivity index (χ4n) is 2.18. The first-order valence-electron chi connectivity index (χ1n) is 5.66. The summed E-state index contributed by atoms with van der Waals surface area (Å²) in [5, 5.41) is 0. The normalized spacial score (nSPS) is 27.8. The van der Waals surface area contributed by atoms with Gasteiger partial charge in [0.15, 0.2) is 0 Å². The lowest BCUT2D eigenvalue weighted by Gasteiger charge is -2.34. The molecule has 3 heteroatoms. The Bertz CT molecular complexity index is 215. The molecule has 0 aromatic heterocycles. The van der Waals surface area contributed by atoms with Gasteiger partial charge in [0.1, 0.15) is 0 Å². The molecule has 2 rings (SSSR count). The van der Waals surface area contributed by atoms with Crippen molar-refractivity contribution in [3.63, 3.8) is 0 Å². The zero-order valence-electron chi connectivity index (χ0n) is 8.54. The van der Waals surface area contributed by atoms with Gasteiger partial charge in [-0.25, -0.2) is 0 Å². The van der Waals surface area contributed by atoms with E-state index in [1.54, 1.807) is 0 Å². The van der Waals surface area contributed by atoms with Crippen LogP contribution in [0.5, 0.6) is 0 Å². The van der Waals surface area contributed by atoms with Crippen molar-refractivity contribution in [3.8, 4) is 0 Å². The number of nitrogens with zero attached hydrogens (tertiary/aromatic N) is 1. The van der Waals surface area contributed by atoms with Crippen molar-refractivity contribution in [2.75, 3.05) is 12.4 Å². The van der Waals surface area contributed by atoms with E-state index in [2.05, 4.69) is 0 Å². The largest absolute Gasteiger partial charge is 0.339 e. The minimum atomic E-state index is 0.316. The molecular formula is C11H18ClNO. The molecule has 0 spiro atoms. The van der Waals surface area contributed by atoms with E-state index in [9.17, 15) is 4.79 Å². The lowest BCUT2D eigenvalue weighted by molar-refractivity contribution is -0.134. The van der Waals surface area contributed by atoms with E-state index in [0.29, 0.717) is 23.7 Å². The molecule has 80 valence electrons. The molecule has 1 atom stereocenters. The summed E-state index contributed by atoms with van der Waals surface area (Å²) in [6.07, 6.45) is 6.76. The van der Waals surface area contributed by atoms with Gasteiger partial charge in [-0.15, -0.1) is 11.6 Å². The third kappa shape index (κ3) is 2.41. The number of amides is 1. The van der Waals surface area contributed by atoms with E-state index in [-0.39, 0.29) is 0 Å². The first-order chi connectivity index (χ1) is 6.81. The molecule has 2 aliphatic rings. The minimum Gasteiger partial charge on any atom is -0.339 e. The van der Waals surface area contributed by atoms with Crippen molar-refractivity contribution < 1.29 is 4.79 Å². The van der Waals surface area contributed by atoms with E-state index in [1.165, 1.54) is 19.3 Å². The Morgan fingerprint density at radius 1 is 1.29 bits per heavy atom. The third-order valence-corrected chi connectivity index (χ3v) is 3.64. The summed E-state index contributed by atoms with van der Waals surface area (Å²) in [5.74, 6) is 1.65. The maximum Gasteiger partial charge on any atom is 0.223 e. The SMILES string of the molecule is O=C(CC1CC1)N1CCCCC1CCl. The van der Waals surface area contributed by atoms with Gasteiger partial charge < -0.3 is 4.90 Å². The van der Waals surface area contributed by atoms with Crippen molar-refractivity contribution in [3.05, 3.63) is 0 Å². The van der Waals surface area contributed by atoms with E-state index in [1.807, 2.05) is 4.90 Å². The Labute approximate surface area is 90.6 Å². The molecule has 14 heavy (non-hydrogen) atoms. The first-order valence-corrected chi connectivity index (χ1v) is 6.20. The predicted molar refractivity (Wildman–Crippen MR) is 57.4 cm³/mol. The summed E-state index contributed by atoms with van der Waals surface area (Å²) in [4.78, 5) is 13.9. The van der Waals surface area contributed by atoms with Crippen molar-refractivity contribution in [1.82, 2.24) is 4.90 Å². The number of hydrogen-bond acceptors (Lipinski definition) is 1. The number of carbonyl (C=O) groups excluding carboxylic acids is 1. The van der Waals surface area contributed by atoms with E-state index in [0.717, 1.165) is 25.8 Å². The van der Waals surface area contributed by atoms with Gasteiger partial charge >= 0.3 is 0 Å². The van der Waals surface area contributed by atoms with E-state index >= 15 is 0 Å². The number of likely N-dealkylation sites (tertiary alicyclic amines) is 1. The Balaban J connectivity index is 1.87. The zero-order valence-corrected chi connectivity index (χ0v) is 9.30. The number of rotatable bonds is 3. The summed E-state index contributed by atoms with van der Waals surface area (Å²) in [5.41, 5.74) is 0. The molecule has 0 radical (unpaired) electrons. The predicted octanol–water partition coefficient (Wildman–Crippen LogP) is 2.41. The minimum absolute atomic E-state index is 0.316. The molecule has 1 saturated carbocycles. The summed E-state index contributed by atoms with van der Waals surface area (Å²) in [6.45, 7) is 0.933. The van der Waals surface area contributed by atoms with Crippen molar-refractivity contribution in [1.29, 1.82) is 0 Å². The molecule has 0 N–H and O–H groups in total. The van der Waals surface area contributed by atoms with Gasteiger partial charge in [0.2, 0.25) is 5.91 Å². The van der Waals surface area contributed by atoms with Crippen molar-refractivity contribution in [2.45, 2.75) is 44.6 Å². The van der Waals surface area contributed by atoms with Gasteiger partial charge in [-0.1, -0.05) is 0 Å². The van der Waals surface area contributed by atoms with Crippen LogP contribution >= 0.6 is 11.6 Å². The first kappa shape index (κ1) is 10.3. The van der Waals surface area contributed by atoms with Gasteiger partial charge in [0.05, 0.1) is 0 Å². The molecule has 1 amide bonds. The highest BCUT2D eigenvalue weighted by Crippen LogP contribution is 2.33. The second-order valence-electron chi connectivity index (χ2n) is 4.54. The number of halogens is 1. The molecule has 1 heterocycles. The number of piperidine rings is 1. The summed E-state index contributed by atoms with van der Waals surface area (Å²) in [6, 6.07) is 0.316. The van der Waals surface area contributed by atoms with Crippen LogP contribution in [0.25, 0.3) is 0 Å². The smallest absolute Gasteiger partial charge is 0.223 e. The van der Waals surface area contributed by atoms with Crippen LogP contribution in [0.15, 0.2) is 0 Å². The number of hydrogen-bond donors (Lipinski definition) is 0. The summed E-state index contributed by atoms with van der Waals surface area (Å²) >= 11 is 5.88. The molecule has 0 bridgehead atoms. The van der Waals surface area contributed by atoms with Crippen LogP contribution in [0.3, 0.4) is 0 Å². The molecular weight excluding hydrogens is 198 g/mol. The molecule has 2 fully saturated rings. The highest BCUT2D eigenvalue weighted by atomic mass is 35.5. The van der Waals surface area contributed by atoms with Crippen LogP contribution in [-0.2, 0) is 4.79 Å². The molecule has 1 aliphatic carbocycles. The zero-order chi connectivity index (χ0) is 9.97. The molecule has 1 unspecified atom stereocenters. The fourth-order valence-corrected chi connectivity index (χ4v) is 2.50. The molecule has 0 aromatic carbocycles. The lowest BCUT2D eigenvalue weighted by Crippen LogP contribution is -2.44. The van der Waals surface area contributed by atoms with Gasteiger partial charge in [-0.2, -0.15) is 0 Å². The van der Waals surface area contributed by atoms with Crippen LogP contribution < -0.4 is 0 Å². The monoisotopic (exact) mass is 215 g/mol. The molecule has 1 aliphatic heterocycles. The summed E-state index contributed by atoms with van der Waals surface area (Å²) in [7, 11) is 0. The van der Waals surface area contributed by atoms with E-state index < -0.39 is 0 Å². The van der Waals surface area contributed by atoms with Gasteiger partial charge in [-0.3, -0.25) is 4.79 Å². The van der Waals surface area contributed by atoms with Crippen LogP contribution in [-0.4, -0.2) is 29.3 Å². The van der Waals surface area contributed by atoms with Gasteiger partial charge in [0.25, 0.3) is 0 Å².